The zero-order chi connectivity index (χ0) is 20.4. The second-order valence-electron chi connectivity index (χ2n) is 7.11. The monoisotopic (exact) mass is 528 g/mol. The smallest absolute Gasteiger partial charge is 0.401 e. The van der Waals surface area contributed by atoms with Crippen molar-refractivity contribution in [2.45, 2.75) is 31.9 Å². The van der Waals surface area contributed by atoms with Gasteiger partial charge < -0.3 is 15.4 Å². The van der Waals surface area contributed by atoms with Crippen LogP contribution >= 0.6 is 24.0 Å². The first-order valence-corrected chi connectivity index (χ1v) is 9.77. The van der Waals surface area contributed by atoms with Gasteiger partial charge in [0.25, 0.3) is 0 Å². The van der Waals surface area contributed by atoms with Crippen molar-refractivity contribution in [3.8, 4) is 5.75 Å². The summed E-state index contributed by atoms with van der Waals surface area (Å²) < 4.78 is 42.7. The molecule has 2 N–H and O–H groups in total. The van der Waals surface area contributed by atoms with Crippen LogP contribution in [0.15, 0.2) is 29.3 Å². The van der Waals surface area contributed by atoms with E-state index in [4.69, 9.17) is 4.74 Å². The number of likely N-dealkylation sites (tertiary alicyclic amines) is 1. The molecule has 0 aromatic heterocycles. The van der Waals surface area contributed by atoms with Gasteiger partial charge in [-0.15, -0.1) is 24.0 Å². The molecule has 1 aliphatic rings. The molecule has 0 aliphatic carbocycles. The number of aliphatic imine (C=N–C) groups is 1. The number of para-hydroxylation sites is 1. The molecule has 0 spiro atoms. The SMILES string of the molecule is CN=C(NCCc1ccccc1OC)NCCC1CCN(CC(F)(F)F)CC1.I. The van der Waals surface area contributed by atoms with Crippen LogP contribution < -0.4 is 15.4 Å². The van der Waals surface area contributed by atoms with Crippen molar-refractivity contribution in [1.82, 2.24) is 15.5 Å². The Labute approximate surface area is 188 Å². The summed E-state index contributed by atoms with van der Waals surface area (Å²) in [5, 5.41) is 6.58. The summed E-state index contributed by atoms with van der Waals surface area (Å²) in [6.45, 7) is 1.75. The number of ether oxygens (including phenoxy) is 1. The van der Waals surface area contributed by atoms with Gasteiger partial charge in [-0.05, 0) is 56.3 Å². The van der Waals surface area contributed by atoms with Gasteiger partial charge in [-0.25, -0.2) is 0 Å². The number of halogens is 4. The molecule has 9 heteroatoms. The molecule has 1 heterocycles. The Morgan fingerprint density at radius 3 is 2.45 bits per heavy atom. The Hall–Kier alpha value is -1.23. The van der Waals surface area contributed by atoms with Crippen molar-refractivity contribution >= 4 is 29.9 Å². The summed E-state index contributed by atoms with van der Waals surface area (Å²) in [7, 11) is 3.40. The van der Waals surface area contributed by atoms with Crippen LogP contribution in [0, 0.1) is 5.92 Å². The highest BCUT2D eigenvalue weighted by atomic mass is 127. The highest BCUT2D eigenvalue weighted by Crippen LogP contribution is 2.24. The highest BCUT2D eigenvalue weighted by Gasteiger charge is 2.32. The number of piperidine rings is 1. The summed E-state index contributed by atoms with van der Waals surface area (Å²) in [6.07, 6.45) is -0.707. The average Bonchev–Trinajstić information content (AvgIpc) is 2.67. The van der Waals surface area contributed by atoms with Gasteiger partial charge in [0.15, 0.2) is 5.96 Å². The van der Waals surface area contributed by atoms with Gasteiger partial charge in [0, 0.05) is 20.1 Å². The maximum atomic E-state index is 12.4. The van der Waals surface area contributed by atoms with Gasteiger partial charge in [0.05, 0.1) is 13.7 Å². The molecule has 1 fully saturated rings. The molecule has 166 valence electrons. The molecule has 1 aliphatic heterocycles. The Balaban J connectivity index is 0.00000420. The Morgan fingerprint density at radius 1 is 1.17 bits per heavy atom. The third-order valence-electron chi connectivity index (χ3n) is 5.06. The van der Waals surface area contributed by atoms with E-state index in [0.717, 1.165) is 56.0 Å². The van der Waals surface area contributed by atoms with Crippen LogP contribution in [0.5, 0.6) is 5.75 Å². The summed E-state index contributed by atoms with van der Waals surface area (Å²) in [5.41, 5.74) is 1.14. The van der Waals surface area contributed by atoms with Crippen molar-refractivity contribution < 1.29 is 17.9 Å². The van der Waals surface area contributed by atoms with Gasteiger partial charge in [-0.1, -0.05) is 18.2 Å². The number of alkyl halides is 3. The number of hydrogen-bond donors (Lipinski definition) is 2. The molecule has 2 rings (SSSR count). The summed E-state index contributed by atoms with van der Waals surface area (Å²) in [6, 6.07) is 7.93. The standard InChI is InChI=1S/C20H31F3N4O.HI/c1-24-19(26-12-8-17-5-3-4-6-18(17)28-2)25-11-7-16-9-13-27(14-10-16)15-20(21,22)23;/h3-6,16H,7-15H2,1-2H3,(H2,24,25,26);1H. The molecular weight excluding hydrogens is 496 g/mol. The first kappa shape index (κ1) is 25.8. The van der Waals surface area contributed by atoms with Crippen molar-refractivity contribution in [3.63, 3.8) is 0 Å². The van der Waals surface area contributed by atoms with E-state index in [9.17, 15) is 13.2 Å². The lowest BCUT2D eigenvalue weighted by Crippen LogP contribution is -2.42. The summed E-state index contributed by atoms with van der Waals surface area (Å²) in [4.78, 5) is 5.73. The van der Waals surface area contributed by atoms with Gasteiger partial charge in [-0.3, -0.25) is 9.89 Å². The van der Waals surface area contributed by atoms with Crippen LogP contribution in [0.3, 0.4) is 0 Å². The fourth-order valence-electron chi connectivity index (χ4n) is 3.53. The zero-order valence-corrected chi connectivity index (χ0v) is 19.4. The average molecular weight is 528 g/mol. The fraction of sp³-hybridized carbons (Fsp3) is 0.650. The quantitative estimate of drug-likeness (QED) is 0.307. The van der Waals surface area contributed by atoms with Crippen LogP contribution in [0.1, 0.15) is 24.8 Å². The summed E-state index contributed by atoms with van der Waals surface area (Å²) in [5.74, 6) is 2.08. The van der Waals surface area contributed by atoms with Gasteiger partial charge in [-0.2, -0.15) is 13.2 Å². The number of guanidine groups is 1. The number of benzene rings is 1. The Bertz CT molecular complexity index is 620. The summed E-state index contributed by atoms with van der Waals surface area (Å²) >= 11 is 0. The Morgan fingerprint density at radius 2 is 1.83 bits per heavy atom. The lowest BCUT2D eigenvalue weighted by molar-refractivity contribution is -0.148. The number of methoxy groups -OCH3 is 1. The van der Waals surface area contributed by atoms with E-state index >= 15 is 0 Å². The van der Waals surface area contributed by atoms with E-state index in [2.05, 4.69) is 15.6 Å². The van der Waals surface area contributed by atoms with Gasteiger partial charge in [0.1, 0.15) is 5.75 Å². The van der Waals surface area contributed by atoms with Crippen LogP contribution in [0.4, 0.5) is 13.2 Å². The van der Waals surface area contributed by atoms with Crippen LogP contribution in [0.25, 0.3) is 0 Å². The van der Waals surface area contributed by atoms with Crippen LogP contribution in [-0.4, -0.2) is 63.9 Å². The van der Waals surface area contributed by atoms with Crippen molar-refractivity contribution in [2.24, 2.45) is 10.9 Å². The van der Waals surface area contributed by atoms with Crippen molar-refractivity contribution in [2.75, 3.05) is 46.9 Å². The predicted octanol–water partition coefficient (Wildman–Crippen LogP) is 3.69. The van der Waals surface area contributed by atoms with Gasteiger partial charge in [0.2, 0.25) is 0 Å². The maximum Gasteiger partial charge on any atom is 0.401 e. The largest absolute Gasteiger partial charge is 0.496 e. The molecule has 0 amide bonds. The zero-order valence-electron chi connectivity index (χ0n) is 17.1. The minimum Gasteiger partial charge on any atom is -0.496 e. The molecule has 29 heavy (non-hydrogen) atoms. The van der Waals surface area contributed by atoms with E-state index < -0.39 is 12.7 Å². The third kappa shape index (κ3) is 9.88. The van der Waals surface area contributed by atoms with Crippen LogP contribution in [-0.2, 0) is 6.42 Å². The molecule has 5 nitrogen and oxygen atoms in total. The lowest BCUT2D eigenvalue weighted by atomic mass is 9.93. The molecule has 1 saturated heterocycles. The lowest BCUT2D eigenvalue weighted by Gasteiger charge is -2.32. The first-order valence-electron chi connectivity index (χ1n) is 9.77. The van der Waals surface area contributed by atoms with E-state index in [1.807, 2.05) is 24.3 Å². The maximum absolute atomic E-state index is 12.4. The topological polar surface area (TPSA) is 48.9 Å². The van der Waals surface area contributed by atoms with E-state index in [1.165, 1.54) is 4.90 Å². The molecule has 1 aromatic rings. The molecule has 0 unspecified atom stereocenters. The predicted molar refractivity (Wildman–Crippen MR) is 121 cm³/mol. The third-order valence-corrected chi connectivity index (χ3v) is 5.06. The number of nitrogens with zero attached hydrogens (tertiary/aromatic N) is 2. The van der Waals surface area contributed by atoms with Gasteiger partial charge >= 0.3 is 6.18 Å². The Kier molecular flexibility index (Phi) is 11.7. The minimum atomic E-state index is -4.10. The molecule has 0 atom stereocenters. The van der Waals surface area contributed by atoms with E-state index in [1.54, 1.807) is 14.2 Å². The fourth-order valence-corrected chi connectivity index (χ4v) is 3.53. The molecule has 0 saturated carbocycles. The van der Waals surface area contributed by atoms with Crippen molar-refractivity contribution in [3.05, 3.63) is 29.8 Å². The second kappa shape index (κ2) is 13.1. The second-order valence-corrected chi connectivity index (χ2v) is 7.11. The molecular formula is C20H32F3IN4O. The number of rotatable bonds is 8. The number of hydrogen-bond acceptors (Lipinski definition) is 3. The number of nitrogens with one attached hydrogen (secondary N) is 2. The normalized spacial score (nSPS) is 16.2. The first-order chi connectivity index (χ1) is 13.4. The van der Waals surface area contributed by atoms with Crippen molar-refractivity contribution in [1.29, 1.82) is 0 Å². The molecule has 1 aromatic carbocycles. The van der Waals surface area contributed by atoms with Crippen LogP contribution in [0.2, 0.25) is 0 Å². The van der Waals surface area contributed by atoms with E-state index in [-0.39, 0.29) is 24.0 Å². The molecule has 0 radical (unpaired) electrons. The molecule has 0 bridgehead atoms. The van der Waals surface area contributed by atoms with E-state index in [0.29, 0.717) is 19.0 Å². The highest BCUT2D eigenvalue weighted by molar-refractivity contribution is 14.0. The minimum absolute atomic E-state index is 0.